The Hall–Kier alpha value is -0.860. The fourth-order valence-electron chi connectivity index (χ4n) is 2.16. The number of hydrogen-bond acceptors (Lipinski definition) is 2. The van der Waals surface area contributed by atoms with E-state index in [-0.39, 0.29) is 5.54 Å². The van der Waals surface area contributed by atoms with Gasteiger partial charge in [0, 0.05) is 24.0 Å². The van der Waals surface area contributed by atoms with Crippen molar-refractivity contribution in [2.75, 3.05) is 6.54 Å². The van der Waals surface area contributed by atoms with Crippen LogP contribution in [0.3, 0.4) is 0 Å². The van der Waals surface area contributed by atoms with Gasteiger partial charge in [0.1, 0.15) is 0 Å². The van der Waals surface area contributed by atoms with Crippen LogP contribution < -0.4 is 11.1 Å². The topological polar surface area (TPSA) is 38.0 Å². The fourth-order valence-corrected chi connectivity index (χ4v) is 2.16. The molecule has 3 rings (SSSR count). The number of hydrogen-bond donors (Lipinski definition) is 2. The van der Waals surface area contributed by atoms with E-state index < -0.39 is 0 Å². The molecule has 2 saturated carbocycles. The van der Waals surface area contributed by atoms with Crippen LogP contribution in [0.25, 0.3) is 0 Å². The van der Waals surface area contributed by atoms with Crippen LogP contribution >= 0.6 is 0 Å². The van der Waals surface area contributed by atoms with Crippen LogP contribution in [0.1, 0.15) is 30.7 Å². The molecule has 2 atom stereocenters. The van der Waals surface area contributed by atoms with Gasteiger partial charge in [-0.25, -0.2) is 0 Å². The third-order valence-electron chi connectivity index (χ3n) is 3.63. The van der Waals surface area contributed by atoms with Crippen molar-refractivity contribution >= 4 is 0 Å². The second kappa shape index (κ2) is 3.32. The Bertz CT molecular complexity index is 343. The average Bonchev–Trinajstić information content (AvgIpc) is 3.14. The third-order valence-corrected chi connectivity index (χ3v) is 3.63. The Morgan fingerprint density at radius 1 is 1.27 bits per heavy atom. The Morgan fingerprint density at radius 3 is 2.67 bits per heavy atom. The predicted octanol–water partition coefficient (Wildman–Crippen LogP) is 1.62. The van der Waals surface area contributed by atoms with Gasteiger partial charge in [0.2, 0.25) is 0 Å². The van der Waals surface area contributed by atoms with E-state index in [1.807, 2.05) is 0 Å². The zero-order valence-corrected chi connectivity index (χ0v) is 8.95. The van der Waals surface area contributed by atoms with E-state index in [9.17, 15) is 0 Å². The normalized spacial score (nSPS) is 31.3. The summed E-state index contributed by atoms with van der Waals surface area (Å²) >= 11 is 0. The van der Waals surface area contributed by atoms with Gasteiger partial charge in [-0.1, -0.05) is 30.3 Å². The summed E-state index contributed by atoms with van der Waals surface area (Å²) in [5.74, 6) is 0.730. The monoisotopic (exact) mass is 202 g/mol. The van der Waals surface area contributed by atoms with Crippen LogP contribution in [-0.2, 0) is 0 Å². The molecule has 1 aromatic rings. The smallest absolute Gasteiger partial charge is 0.0282 e. The zero-order valence-electron chi connectivity index (χ0n) is 8.95. The van der Waals surface area contributed by atoms with Crippen molar-refractivity contribution in [3.8, 4) is 0 Å². The molecule has 0 heterocycles. The fraction of sp³-hybridized carbons (Fsp3) is 0.538. The molecule has 0 amide bonds. The highest BCUT2D eigenvalue weighted by Crippen LogP contribution is 2.41. The van der Waals surface area contributed by atoms with Crippen molar-refractivity contribution in [2.45, 2.75) is 36.8 Å². The van der Waals surface area contributed by atoms with Crippen molar-refractivity contribution in [2.24, 2.45) is 5.73 Å². The first-order chi connectivity index (χ1) is 7.27. The molecule has 0 bridgehead atoms. The minimum atomic E-state index is 0.143. The molecule has 15 heavy (non-hydrogen) atoms. The van der Waals surface area contributed by atoms with Crippen LogP contribution in [0.2, 0.25) is 0 Å². The molecule has 0 unspecified atom stereocenters. The van der Waals surface area contributed by atoms with Crippen LogP contribution in [0.4, 0.5) is 0 Å². The minimum Gasteiger partial charge on any atom is -0.324 e. The lowest BCUT2D eigenvalue weighted by atomic mass is 10.1. The van der Waals surface area contributed by atoms with E-state index in [1.54, 1.807) is 0 Å². The number of rotatable bonds is 4. The van der Waals surface area contributed by atoms with Crippen LogP contribution in [-0.4, -0.2) is 18.1 Å². The maximum Gasteiger partial charge on any atom is 0.0282 e. The standard InChI is InChI=1S/C13H18N2/c14-13(6-7-13)9-15-12-8-11(12)10-4-2-1-3-5-10/h1-5,11-12,15H,6-9,14H2/t11-,12+/m1/s1. The Balaban J connectivity index is 1.52. The summed E-state index contributed by atoms with van der Waals surface area (Å²) in [4.78, 5) is 0. The summed E-state index contributed by atoms with van der Waals surface area (Å²) in [5, 5.41) is 3.58. The molecular weight excluding hydrogens is 184 g/mol. The molecule has 0 saturated heterocycles. The van der Waals surface area contributed by atoms with Gasteiger partial charge >= 0.3 is 0 Å². The van der Waals surface area contributed by atoms with Gasteiger partial charge in [-0.15, -0.1) is 0 Å². The quantitative estimate of drug-likeness (QED) is 0.778. The highest BCUT2D eigenvalue weighted by molar-refractivity contribution is 5.27. The van der Waals surface area contributed by atoms with Crippen molar-refractivity contribution in [3.63, 3.8) is 0 Å². The molecule has 1 aromatic carbocycles. The van der Waals surface area contributed by atoms with Crippen molar-refractivity contribution in [3.05, 3.63) is 35.9 Å². The largest absolute Gasteiger partial charge is 0.324 e. The third kappa shape index (κ3) is 2.06. The van der Waals surface area contributed by atoms with E-state index in [1.165, 1.54) is 24.8 Å². The Morgan fingerprint density at radius 2 is 2.00 bits per heavy atom. The predicted molar refractivity (Wildman–Crippen MR) is 61.7 cm³/mol. The van der Waals surface area contributed by atoms with Crippen LogP contribution in [0.15, 0.2) is 30.3 Å². The lowest BCUT2D eigenvalue weighted by Crippen LogP contribution is -2.37. The lowest BCUT2D eigenvalue weighted by Gasteiger charge is -2.09. The van der Waals surface area contributed by atoms with Crippen LogP contribution in [0, 0.1) is 0 Å². The number of benzene rings is 1. The molecule has 0 radical (unpaired) electrons. The second-order valence-corrected chi connectivity index (χ2v) is 5.10. The van der Waals surface area contributed by atoms with Gasteiger partial charge in [0.25, 0.3) is 0 Å². The Kier molecular flexibility index (Phi) is 2.08. The lowest BCUT2D eigenvalue weighted by molar-refractivity contribution is 0.561. The van der Waals surface area contributed by atoms with E-state index >= 15 is 0 Å². The first-order valence-electron chi connectivity index (χ1n) is 5.84. The van der Waals surface area contributed by atoms with E-state index in [4.69, 9.17) is 5.73 Å². The maximum absolute atomic E-state index is 6.04. The van der Waals surface area contributed by atoms with Crippen LogP contribution in [0.5, 0.6) is 0 Å². The molecule has 3 N–H and O–H groups in total. The summed E-state index contributed by atoms with van der Waals surface area (Å²) < 4.78 is 0. The highest BCUT2D eigenvalue weighted by Gasteiger charge is 2.43. The van der Waals surface area contributed by atoms with E-state index in [0.717, 1.165) is 12.5 Å². The van der Waals surface area contributed by atoms with Gasteiger partial charge in [0.05, 0.1) is 0 Å². The van der Waals surface area contributed by atoms with Crippen molar-refractivity contribution < 1.29 is 0 Å². The van der Waals surface area contributed by atoms with Crippen molar-refractivity contribution in [1.29, 1.82) is 0 Å². The number of nitrogens with one attached hydrogen (secondary N) is 1. The van der Waals surface area contributed by atoms with E-state index in [2.05, 4.69) is 35.6 Å². The number of nitrogens with two attached hydrogens (primary N) is 1. The average molecular weight is 202 g/mol. The zero-order chi connectivity index (χ0) is 10.3. The van der Waals surface area contributed by atoms with Gasteiger partial charge in [-0.2, -0.15) is 0 Å². The SMILES string of the molecule is NC1(CN[C@H]2C[C@@H]2c2ccccc2)CC1. The Labute approximate surface area is 90.9 Å². The highest BCUT2D eigenvalue weighted by atomic mass is 15.0. The molecule has 2 aliphatic carbocycles. The summed E-state index contributed by atoms with van der Waals surface area (Å²) in [6, 6.07) is 11.4. The molecule has 0 spiro atoms. The molecule has 2 heteroatoms. The molecule has 2 aliphatic rings. The first-order valence-corrected chi connectivity index (χ1v) is 5.84. The summed E-state index contributed by atoms with van der Waals surface area (Å²) in [7, 11) is 0. The van der Waals surface area contributed by atoms with Gasteiger partial charge < -0.3 is 11.1 Å². The molecular formula is C13H18N2. The molecule has 2 fully saturated rings. The summed E-state index contributed by atoms with van der Waals surface area (Å²) in [6.45, 7) is 1.00. The summed E-state index contributed by atoms with van der Waals surface area (Å²) in [5.41, 5.74) is 7.66. The second-order valence-electron chi connectivity index (χ2n) is 5.10. The maximum atomic E-state index is 6.04. The summed E-state index contributed by atoms with van der Waals surface area (Å²) in [6.07, 6.45) is 3.67. The first kappa shape index (κ1) is 9.37. The van der Waals surface area contributed by atoms with Gasteiger partial charge in [-0.3, -0.25) is 0 Å². The van der Waals surface area contributed by atoms with Crippen molar-refractivity contribution in [1.82, 2.24) is 5.32 Å². The van der Waals surface area contributed by atoms with Gasteiger partial charge in [-0.05, 0) is 24.8 Å². The minimum absolute atomic E-state index is 0.143. The molecule has 0 aliphatic heterocycles. The molecule has 0 aromatic heterocycles. The molecule has 80 valence electrons. The van der Waals surface area contributed by atoms with Gasteiger partial charge in [0.15, 0.2) is 0 Å². The molecule has 2 nitrogen and oxygen atoms in total. The van der Waals surface area contributed by atoms with E-state index in [0.29, 0.717) is 6.04 Å².